The molecule has 0 heterocycles. The highest BCUT2D eigenvalue weighted by atomic mass is 16.4. The van der Waals surface area contributed by atoms with Gasteiger partial charge in [-0.05, 0) is 6.42 Å². The monoisotopic (exact) mass is 274 g/mol. The predicted molar refractivity (Wildman–Crippen MR) is 76.0 cm³/mol. The zero-order valence-electron chi connectivity index (χ0n) is 12.2. The average Bonchev–Trinajstić information content (AvgIpc) is 2.43. The molecule has 0 saturated carbocycles. The van der Waals surface area contributed by atoms with Crippen molar-refractivity contribution in [3.8, 4) is 0 Å². The summed E-state index contributed by atoms with van der Waals surface area (Å²) >= 11 is 0. The first-order valence-electron chi connectivity index (χ1n) is 7.63. The van der Waals surface area contributed by atoms with Gasteiger partial charge in [0.1, 0.15) is 12.2 Å². The van der Waals surface area contributed by atoms with Crippen molar-refractivity contribution in [3.63, 3.8) is 0 Å². The minimum atomic E-state index is -1.43. The highest BCUT2D eigenvalue weighted by molar-refractivity contribution is 5.83. The van der Waals surface area contributed by atoms with Crippen LogP contribution in [0.5, 0.6) is 0 Å². The molecule has 0 aromatic rings. The van der Waals surface area contributed by atoms with E-state index in [0.717, 1.165) is 19.3 Å². The molecular weight excluding hydrogens is 244 g/mol. The Labute approximate surface area is 116 Å². The van der Waals surface area contributed by atoms with Crippen LogP contribution in [0.1, 0.15) is 71.1 Å². The van der Waals surface area contributed by atoms with Crippen LogP contribution in [0.15, 0.2) is 0 Å². The molecule has 0 saturated heterocycles. The Balaban J connectivity index is 3.36. The molecule has 4 heteroatoms. The third-order valence-electron chi connectivity index (χ3n) is 3.41. The standard InChI is InChI=1S/C15H30O4/c1-2-3-4-5-6-7-8-9-10-11-13(17)15(19)14(18)12-16/h14-16,18-19H,2-12H2,1H3/t14-,15?/m1/s1. The number of rotatable bonds is 13. The summed E-state index contributed by atoms with van der Waals surface area (Å²) in [4.78, 5) is 11.4. The molecule has 19 heavy (non-hydrogen) atoms. The number of aliphatic hydroxyl groups excluding tert-OH is 3. The van der Waals surface area contributed by atoms with E-state index >= 15 is 0 Å². The second kappa shape index (κ2) is 12.6. The number of unbranched alkanes of at least 4 members (excludes halogenated alkanes) is 8. The second-order valence-electron chi connectivity index (χ2n) is 5.24. The van der Waals surface area contributed by atoms with Crippen LogP contribution in [-0.2, 0) is 4.79 Å². The Morgan fingerprint density at radius 1 is 0.895 bits per heavy atom. The molecule has 0 aromatic carbocycles. The number of hydrogen-bond donors (Lipinski definition) is 3. The summed E-state index contributed by atoms with van der Waals surface area (Å²) in [6, 6.07) is 0. The SMILES string of the molecule is CCCCCCCCCCCC(=O)C(O)[C@H](O)CO. The fourth-order valence-corrected chi connectivity index (χ4v) is 2.07. The third kappa shape index (κ3) is 10.0. The van der Waals surface area contributed by atoms with Crippen molar-refractivity contribution in [1.29, 1.82) is 0 Å². The number of hydrogen-bond acceptors (Lipinski definition) is 4. The molecule has 0 fully saturated rings. The molecule has 0 spiro atoms. The van der Waals surface area contributed by atoms with Gasteiger partial charge in [0.05, 0.1) is 6.61 Å². The number of aliphatic hydroxyl groups is 3. The molecular formula is C15H30O4. The molecule has 2 atom stereocenters. The zero-order valence-corrected chi connectivity index (χ0v) is 12.2. The van der Waals surface area contributed by atoms with E-state index in [1.807, 2.05) is 0 Å². The fraction of sp³-hybridized carbons (Fsp3) is 0.933. The molecule has 0 bridgehead atoms. The largest absolute Gasteiger partial charge is 0.394 e. The van der Waals surface area contributed by atoms with Crippen LogP contribution in [0.25, 0.3) is 0 Å². The maximum atomic E-state index is 11.4. The van der Waals surface area contributed by atoms with Crippen molar-refractivity contribution in [1.82, 2.24) is 0 Å². The lowest BCUT2D eigenvalue weighted by Crippen LogP contribution is -2.36. The minimum absolute atomic E-state index is 0.286. The first-order valence-corrected chi connectivity index (χ1v) is 7.63. The van der Waals surface area contributed by atoms with Crippen LogP contribution in [0.3, 0.4) is 0 Å². The van der Waals surface area contributed by atoms with E-state index in [1.54, 1.807) is 0 Å². The summed E-state index contributed by atoms with van der Waals surface area (Å²) in [6.45, 7) is 1.63. The van der Waals surface area contributed by atoms with Gasteiger partial charge in [0.25, 0.3) is 0 Å². The Morgan fingerprint density at radius 3 is 1.84 bits per heavy atom. The van der Waals surface area contributed by atoms with Gasteiger partial charge in [-0.15, -0.1) is 0 Å². The lowest BCUT2D eigenvalue weighted by Gasteiger charge is -2.13. The van der Waals surface area contributed by atoms with E-state index in [-0.39, 0.29) is 12.2 Å². The van der Waals surface area contributed by atoms with Gasteiger partial charge in [-0.3, -0.25) is 4.79 Å². The van der Waals surface area contributed by atoms with E-state index < -0.39 is 18.8 Å². The summed E-state index contributed by atoms with van der Waals surface area (Å²) in [5, 5.41) is 27.1. The van der Waals surface area contributed by atoms with E-state index in [1.165, 1.54) is 38.5 Å². The van der Waals surface area contributed by atoms with E-state index in [2.05, 4.69) is 6.92 Å². The van der Waals surface area contributed by atoms with Crippen molar-refractivity contribution in [2.75, 3.05) is 6.61 Å². The van der Waals surface area contributed by atoms with Crippen molar-refractivity contribution in [2.24, 2.45) is 0 Å². The van der Waals surface area contributed by atoms with Gasteiger partial charge in [-0.1, -0.05) is 58.3 Å². The maximum absolute atomic E-state index is 11.4. The maximum Gasteiger partial charge on any atom is 0.164 e. The van der Waals surface area contributed by atoms with Crippen LogP contribution in [0.2, 0.25) is 0 Å². The Bertz CT molecular complexity index is 218. The second-order valence-corrected chi connectivity index (χ2v) is 5.24. The molecule has 0 radical (unpaired) electrons. The van der Waals surface area contributed by atoms with Crippen molar-refractivity contribution in [3.05, 3.63) is 0 Å². The van der Waals surface area contributed by atoms with E-state index in [9.17, 15) is 9.90 Å². The molecule has 0 aliphatic heterocycles. The van der Waals surface area contributed by atoms with Crippen LogP contribution in [-0.4, -0.2) is 39.9 Å². The van der Waals surface area contributed by atoms with Crippen molar-refractivity contribution in [2.45, 2.75) is 83.3 Å². The first-order chi connectivity index (χ1) is 9.13. The van der Waals surface area contributed by atoms with Crippen LogP contribution in [0, 0.1) is 0 Å². The van der Waals surface area contributed by atoms with Gasteiger partial charge in [0, 0.05) is 6.42 Å². The number of ketones is 1. The molecule has 1 unspecified atom stereocenters. The van der Waals surface area contributed by atoms with Gasteiger partial charge in [0.15, 0.2) is 5.78 Å². The summed E-state index contributed by atoms with van der Waals surface area (Å²) in [5.41, 5.74) is 0. The Kier molecular flexibility index (Phi) is 12.3. The average molecular weight is 274 g/mol. The Hall–Kier alpha value is -0.450. The number of Topliss-reactive ketones (excluding diaryl/α,β-unsaturated/α-hetero) is 1. The summed E-state index contributed by atoms with van der Waals surface area (Å²) in [7, 11) is 0. The topological polar surface area (TPSA) is 77.8 Å². The first kappa shape index (κ1) is 18.6. The van der Waals surface area contributed by atoms with Crippen LogP contribution >= 0.6 is 0 Å². The molecule has 0 aliphatic carbocycles. The lowest BCUT2D eigenvalue weighted by atomic mass is 10.0. The number of carbonyl (C=O) groups excluding carboxylic acids is 1. The van der Waals surface area contributed by atoms with Crippen LogP contribution in [0.4, 0.5) is 0 Å². The smallest absolute Gasteiger partial charge is 0.164 e. The fourth-order valence-electron chi connectivity index (χ4n) is 2.07. The molecule has 0 amide bonds. The molecule has 114 valence electrons. The van der Waals surface area contributed by atoms with Crippen molar-refractivity contribution >= 4 is 5.78 Å². The highest BCUT2D eigenvalue weighted by Crippen LogP contribution is 2.11. The summed E-state index contributed by atoms with van der Waals surface area (Å²) in [6.07, 6.45) is 8.05. The van der Waals surface area contributed by atoms with E-state index in [4.69, 9.17) is 10.2 Å². The minimum Gasteiger partial charge on any atom is -0.394 e. The molecule has 0 aliphatic rings. The quantitative estimate of drug-likeness (QED) is 0.450. The van der Waals surface area contributed by atoms with Gasteiger partial charge in [-0.2, -0.15) is 0 Å². The van der Waals surface area contributed by atoms with Crippen LogP contribution < -0.4 is 0 Å². The summed E-state index contributed by atoms with van der Waals surface area (Å²) < 4.78 is 0. The van der Waals surface area contributed by atoms with Gasteiger partial charge < -0.3 is 15.3 Å². The van der Waals surface area contributed by atoms with Crippen molar-refractivity contribution < 1.29 is 20.1 Å². The normalized spacial score (nSPS) is 14.3. The Morgan fingerprint density at radius 2 is 1.37 bits per heavy atom. The zero-order chi connectivity index (χ0) is 14.5. The van der Waals surface area contributed by atoms with E-state index in [0.29, 0.717) is 0 Å². The predicted octanol–water partition coefficient (Wildman–Crippen LogP) is 2.19. The highest BCUT2D eigenvalue weighted by Gasteiger charge is 2.22. The van der Waals surface area contributed by atoms with Gasteiger partial charge in [0.2, 0.25) is 0 Å². The summed E-state index contributed by atoms with van der Waals surface area (Å²) in [5.74, 6) is -0.371. The molecule has 3 N–H and O–H groups in total. The third-order valence-corrected chi connectivity index (χ3v) is 3.41. The molecule has 0 rings (SSSR count). The van der Waals surface area contributed by atoms with Gasteiger partial charge in [-0.25, -0.2) is 0 Å². The number of carbonyl (C=O) groups is 1. The molecule has 4 nitrogen and oxygen atoms in total. The molecule has 0 aromatic heterocycles. The lowest BCUT2D eigenvalue weighted by molar-refractivity contribution is -0.134. The van der Waals surface area contributed by atoms with Gasteiger partial charge >= 0.3 is 0 Å².